The number of hydrogen-bond acceptors (Lipinski definition) is 3. The number of carboxylic acids is 1. The standard InChI is InChI=1S/C10H13NO3/c1-10(11,9(12)13)7-14-8-5-3-2-4-6-8/h2-6H,7,11H2,1H3,(H,12,13)/t10-/m0/s1. The molecular weight excluding hydrogens is 182 g/mol. The highest BCUT2D eigenvalue weighted by atomic mass is 16.5. The van der Waals surface area contributed by atoms with Crippen LogP contribution in [0.4, 0.5) is 0 Å². The van der Waals surface area contributed by atoms with Gasteiger partial charge in [0.1, 0.15) is 17.9 Å². The fourth-order valence-corrected chi connectivity index (χ4v) is 0.812. The molecule has 0 unspecified atom stereocenters. The van der Waals surface area contributed by atoms with E-state index in [0.29, 0.717) is 5.75 Å². The number of benzene rings is 1. The monoisotopic (exact) mass is 195 g/mol. The van der Waals surface area contributed by atoms with Crippen LogP contribution in [0.3, 0.4) is 0 Å². The van der Waals surface area contributed by atoms with Gasteiger partial charge in [-0.25, -0.2) is 0 Å². The van der Waals surface area contributed by atoms with Gasteiger partial charge in [0.15, 0.2) is 0 Å². The summed E-state index contributed by atoms with van der Waals surface area (Å²) < 4.78 is 5.23. The Hall–Kier alpha value is -1.55. The fraction of sp³-hybridized carbons (Fsp3) is 0.300. The summed E-state index contributed by atoms with van der Waals surface area (Å²) in [6.45, 7) is 1.37. The van der Waals surface area contributed by atoms with Crippen LogP contribution in [-0.2, 0) is 4.79 Å². The highest BCUT2D eigenvalue weighted by Crippen LogP contribution is 2.10. The number of carboxylic acid groups (broad SMARTS) is 1. The molecule has 1 rings (SSSR count). The van der Waals surface area contributed by atoms with Crippen molar-refractivity contribution in [3.63, 3.8) is 0 Å². The summed E-state index contributed by atoms with van der Waals surface area (Å²) in [5, 5.41) is 8.71. The van der Waals surface area contributed by atoms with Gasteiger partial charge in [-0.2, -0.15) is 0 Å². The van der Waals surface area contributed by atoms with Gasteiger partial charge in [0.25, 0.3) is 0 Å². The first-order chi connectivity index (χ1) is 6.52. The number of nitrogens with two attached hydrogens (primary N) is 1. The van der Waals surface area contributed by atoms with Crippen LogP contribution in [-0.4, -0.2) is 23.2 Å². The molecule has 0 aromatic heterocycles. The Morgan fingerprint density at radius 1 is 1.50 bits per heavy atom. The molecule has 0 bridgehead atoms. The van der Waals surface area contributed by atoms with Gasteiger partial charge in [0, 0.05) is 0 Å². The molecule has 0 amide bonds. The summed E-state index contributed by atoms with van der Waals surface area (Å²) >= 11 is 0. The third kappa shape index (κ3) is 2.74. The van der Waals surface area contributed by atoms with Gasteiger partial charge < -0.3 is 15.6 Å². The highest BCUT2D eigenvalue weighted by molar-refractivity contribution is 5.78. The number of rotatable bonds is 4. The van der Waals surface area contributed by atoms with E-state index >= 15 is 0 Å². The minimum atomic E-state index is -1.35. The molecule has 0 radical (unpaired) electrons. The topological polar surface area (TPSA) is 72.5 Å². The van der Waals surface area contributed by atoms with Crippen molar-refractivity contribution < 1.29 is 14.6 Å². The predicted octanol–water partition coefficient (Wildman–Crippen LogP) is 0.867. The van der Waals surface area contributed by atoms with Crippen LogP contribution in [0.2, 0.25) is 0 Å². The van der Waals surface area contributed by atoms with E-state index in [1.165, 1.54) is 6.92 Å². The van der Waals surface area contributed by atoms with E-state index in [0.717, 1.165) is 0 Å². The number of ether oxygens (including phenoxy) is 1. The summed E-state index contributed by atoms with van der Waals surface area (Å²) in [5.41, 5.74) is 4.13. The van der Waals surface area contributed by atoms with Gasteiger partial charge in [0.2, 0.25) is 0 Å². The summed E-state index contributed by atoms with van der Waals surface area (Å²) in [4.78, 5) is 10.6. The van der Waals surface area contributed by atoms with Gasteiger partial charge in [-0.15, -0.1) is 0 Å². The molecule has 3 N–H and O–H groups in total. The van der Waals surface area contributed by atoms with Crippen LogP contribution >= 0.6 is 0 Å². The summed E-state index contributed by atoms with van der Waals surface area (Å²) in [6.07, 6.45) is 0. The first kappa shape index (κ1) is 10.5. The maximum atomic E-state index is 10.6. The minimum Gasteiger partial charge on any atom is -0.491 e. The summed E-state index contributed by atoms with van der Waals surface area (Å²) in [5.74, 6) is -0.459. The number of carbonyl (C=O) groups is 1. The molecule has 1 atom stereocenters. The number of hydrogen-bond donors (Lipinski definition) is 2. The molecule has 4 nitrogen and oxygen atoms in total. The lowest BCUT2D eigenvalue weighted by Gasteiger charge is -2.19. The van der Waals surface area contributed by atoms with Crippen LogP contribution in [0.15, 0.2) is 30.3 Å². The Bertz CT molecular complexity index is 308. The SMILES string of the molecule is C[C@](N)(COc1ccccc1)C(=O)O. The zero-order valence-corrected chi connectivity index (χ0v) is 7.93. The normalized spacial score (nSPS) is 14.4. The third-order valence-electron chi connectivity index (χ3n) is 1.77. The zero-order chi connectivity index (χ0) is 10.6. The molecule has 0 heterocycles. The molecule has 76 valence electrons. The Labute approximate surface area is 82.3 Å². The fourth-order valence-electron chi connectivity index (χ4n) is 0.812. The number of aliphatic carboxylic acids is 1. The van der Waals surface area contributed by atoms with E-state index in [2.05, 4.69) is 0 Å². The maximum Gasteiger partial charge on any atom is 0.326 e. The Morgan fingerprint density at radius 3 is 2.57 bits per heavy atom. The summed E-state index contributed by atoms with van der Waals surface area (Å²) in [6, 6.07) is 8.97. The molecule has 0 aliphatic heterocycles. The van der Waals surface area contributed by atoms with E-state index < -0.39 is 11.5 Å². The van der Waals surface area contributed by atoms with Crippen molar-refractivity contribution in [3.05, 3.63) is 30.3 Å². The molecular formula is C10H13NO3. The molecule has 1 aromatic carbocycles. The van der Waals surface area contributed by atoms with Gasteiger partial charge in [-0.05, 0) is 19.1 Å². The lowest BCUT2D eigenvalue weighted by molar-refractivity contribution is -0.143. The number of para-hydroxylation sites is 1. The van der Waals surface area contributed by atoms with Crippen molar-refractivity contribution in [1.29, 1.82) is 0 Å². The van der Waals surface area contributed by atoms with Crippen LogP contribution in [0.25, 0.3) is 0 Å². The smallest absolute Gasteiger partial charge is 0.326 e. The molecule has 0 fully saturated rings. The van der Waals surface area contributed by atoms with Crippen molar-refractivity contribution >= 4 is 5.97 Å². The van der Waals surface area contributed by atoms with Crippen LogP contribution in [0.1, 0.15) is 6.92 Å². The van der Waals surface area contributed by atoms with Crippen LogP contribution in [0, 0.1) is 0 Å². The molecule has 0 aliphatic rings. The van der Waals surface area contributed by atoms with Gasteiger partial charge >= 0.3 is 5.97 Å². The molecule has 4 heteroatoms. The van der Waals surface area contributed by atoms with Gasteiger partial charge in [-0.1, -0.05) is 18.2 Å². The minimum absolute atomic E-state index is 0.0493. The third-order valence-corrected chi connectivity index (χ3v) is 1.77. The van der Waals surface area contributed by atoms with E-state index in [-0.39, 0.29) is 6.61 Å². The predicted molar refractivity (Wildman–Crippen MR) is 52.2 cm³/mol. The van der Waals surface area contributed by atoms with Crippen molar-refractivity contribution in [3.8, 4) is 5.75 Å². The second-order valence-electron chi connectivity index (χ2n) is 3.32. The molecule has 0 saturated carbocycles. The van der Waals surface area contributed by atoms with Crippen LogP contribution in [0.5, 0.6) is 5.75 Å². The van der Waals surface area contributed by atoms with E-state index in [1.54, 1.807) is 12.1 Å². The zero-order valence-electron chi connectivity index (χ0n) is 7.93. The van der Waals surface area contributed by atoms with E-state index in [4.69, 9.17) is 15.6 Å². The lowest BCUT2D eigenvalue weighted by Crippen LogP contribution is -2.49. The quantitative estimate of drug-likeness (QED) is 0.747. The van der Waals surface area contributed by atoms with Crippen molar-refractivity contribution in [1.82, 2.24) is 0 Å². The highest BCUT2D eigenvalue weighted by Gasteiger charge is 2.28. The first-order valence-electron chi connectivity index (χ1n) is 4.22. The van der Waals surface area contributed by atoms with E-state index in [1.807, 2.05) is 18.2 Å². The first-order valence-corrected chi connectivity index (χ1v) is 4.22. The molecule has 0 saturated heterocycles. The Morgan fingerprint density at radius 2 is 2.07 bits per heavy atom. The molecule has 0 aliphatic carbocycles. The second-order valence-corrected chi connectivity index (χ2v) is 3.32. The average Bonchev–Trinajstić information content (AvgIpc) is 2.16. The molecule has 0 spiro atoms. The lowest BCUT2D eigenvalue weighted by atomic mass is 10.1. The molecule has 1 aromatic rings. The second kappa shape index (κ2) is 4.11. The molecule has 14 heavy (non-hydrogen) atoms. The summed E-state index contributed by atoms with van der Waals surface area (Å²) in [7, 11) is 0. The largest absolute Gasteiger partial charge is 0.491 e. The van der Waals surface area contributed by atoms with Gasteiger partial charge in [0.05, 0.1) is 0 Å². The van der Waals surface area contributed by atoms with E-state index in [9.17, 15) is 4.79 Å². The van der Waals surface area contributed by atoms with Gasteiger partial charge in [-0.3, -0.25) is 4.79 Å². The Kier molecular flexibility index (Phi) is 3.09. The van der Waals surface area contributed by atoms with Crippen molar-refractivity contribution in [2.75, 3.05) is 6.61 Å². The van der Waals surface area contributed by atoms with Crippen LogP contribution < -0.4 is 10.5 Å². The average molecular weight is 195 g/mol. The maximum absolute atomic E-state index is 10.6. The van der Waals surface area contributed by atoms with Crippen molar-refractivity contribution in [2.45, 2.75) is 12.5 Å². The Balaban J connectivity index is 2.53. The van der Waals surface area contributed by atoms with Crippen molar-refractivity contribution in [2.24, 2.45) is 5.73 Å².